The molecule has 0 saturated carbocycles. The summed E-state index contributed by atoms with van der Waals surface area (Å²) in [5.74, 6) is -0.413. The molecule has 0 unspecified atom stereocenters. The van der Waals surface area contributed by atoms with Gasteiger partial charge in [-0.05, 0) is 7.05 Å². The van der Waals surface area contributed by atoms with E-state index in [1.54, 1.807) is 0 Å². The maximum atomic E-state index is 13.9. The molecule has 0 aromatic carbocycles. The maximum absolute atomic E-state index is 13.9. The van der Waals surface area contributed by atoms with Crippen LogP contribution in [0.2, 0.25) is 0 Å². The second kappa shape index (κ2) is 6.57. The van der Waals surface area contributed by atoms with E-state index in [0.29, 0.717) is 37.6 Å². The molecule has 3 heterocycles. The molecule has 7 nitrogen and oxygen atoms in total. The van der Waals surface area contributed by atoms with Crippen molar-refractivity contribution in [2.45, 2.75) is 0 Å². The van der Waals surface area contributed by atoms with Crippen LogP contribution < -0.4 is 10.6 Å². The highest BCUT2D eigenvalue weighted by molar-refractivity contribution is 5.75. The standard InChI is InChI=1S/C15H23FN6O/c1-19-2-4-21(5-3-19)15(23)22-8-6-20(7-9-22)14-12(16)10-18-11-13(14)17/h10-11H,2-9,17H2,1H3. The molecule has 0 spiro atoms. The first kappa shape index (κ1) is 15.8. The van der Waals surface area contributed by atoms with Gasteiger partial charge in [0.25, 0.3) is 0 Å². The number of halogens is 1. The van der Waals surface area contributed by atoms with Crippen molar-refractivity contribution in [2.24, 2.45) is 0 Å². The van der Waals surface area contributed by atoms with Crippen molar-refractivity contribution in [2.75, 3.05) is 70.0 Å². The van der Waals surface area contributed by atoms with E-state index in [-0.39, 0.29) is 6.03 Å². The Morgan fingerprint density at radius 1 is 1.04 bits per heavy atom. The normalized spacial score (nSPS) is 20.0. The quantitative estimate of drug-likeness (QED) is 0.805. The average molecular weight is 322 g/mol. The molecule has 2 fully saturated rings. The summed E-state index contributed by atoms with van der Waals surface area (Å²) in [7, 11) is 2.06. The molecule has 3 rings (SSSR count). The lowest BCUT2D eigenvalue weighted by molar-refractivity contribution is 0.120. The van der Waals surface area contributed by atoms with Gasteiger partial charge in [0.15, 0.2) is 5.82 Å². The summed E-state index contributed by atoms with van der Waals surface area (Å²) in [4.78, 5) is 24.1. The number of hydrogen-bond acceptors (Lipinski definition) is 5. The molecule has 2 amide bonds. The van der Waals surface area contributed by atoms with E-state index in [9.17, 15) is 9.18 Å². The Balaban J connectivity index is 1.59. The number of carbonyl (C=O) groups is 1. The number of pyridine rings is 1. The molecule has 8 heteroatoms. The molecule has 0 radical (unpaired) electrons. The van der Waals surface area contributed by atoms with Crippen LogP contribution in [0.15, 0.2) is 12.4 Å². The predicted octanol–water partition coefficient (Wildman–Crippen LogP) is 0.292. The van der Waals surface area contributed by atoms with Crippen LogP contribution >= 0.6 is 0 Å². The number of nitrogens with zero attached hydrogens (tertiary/aromatic N) is 5. The number of likely N-dealkylation sites (N-methyl/N-ethyl adjacent to an activating group) is 1. The van der Waals surface area contributed by atoms with Crippen LogP contribution in [0.25, 0.3) is 0 Å². The Morgan fingerprint density at radius 3 is 2.17 bits per heavy atom. The summed E-state index contributed by atoms with van der Waals surface area (Å²) in [6, 6.07) is 0.0842. The number of hydrogen-bond donors (Lipinski definition) is 1. The first-order valence-corrected chi connectivity index (χ1v) is 7.92. The number of urea groups is 1. The second-order valence-corrected chi connectivity index (χ2v) is 6.11. The number of amides is 2. The lowest BCUT2D eigenvalue weighted by Gasteiger charge is -2.40. The Hall–Kier alpha value is -2.09. The van der Waals surface area contributed by atoms with Crippen LogP contribution in [-0.4, -0.2) is 85.1 Å². The van der Waals surface area contributed by atoms with Crippen LogP contribution in [-0.2, 0) is 0 Å². The fourth-order valence-corrected chi connectivity index (χ4v) is 3.10. The third-order valence-corrected chi connectivity index (χ3v) is 4.54. The number of aromatic nitrogens is 1. The van der Waals surface area contributed by atoms with E-state index < -0.39 is 5.82 Å². The molecular formula is C15H23FN6O. The fraction of sp³-hybridized carbons (Fsp3) is 0.600. The van der Waals surface area contributed by atoms with E-state index in [1.807, 2.05) is 14.7 Å². The van der Waals surface area contributed by atoms with Gasteiger partial charge in [-0.3, -0.25) is 4.98 Å². The van der Waals surface area contributed by atoms with Crippen LogP contribution in [0.1, 0.15) is 0 Å². The van der Waals surface area contributed by atoms with Crippen LogP contribution in [0.3, 0.4) is 0 Å². The molecular weight excluding hydrogens is 299 g/mol. The molecule has 2 saturated heterocycles. The summed E-state index contributed by atoms with van der Waals surface area (Å²) >= 11 is 0. The third kappa shape index (κ3) is 3.31. The molecule has 2 aliphatic rings. The highest BCUT2D eigenvalue weighted by atomic mass is 19.1. The summed E-state index contributed by atoms with van der Waals surface area (Å²) < 4.78 is 13.9. The zero-order valence-corrected chi connectivity index (χ0v) is 13.4. The van der Waals surface area contributed by atoms with E-state index >= 15 is 0 Å². The van der Waals surface area contributed by atoms with E-state index in [0.717, 1.165) is 26.2 Å². The van der Waals surface area contributed by atoms with Gasteiger partial charge in [-0.25, -0.2) is 9.18 Å². The minimum Gasteiger partial charge on any atom is -0.396 e. The molecule has 2 N–H and O–H groups in total. The predicted molar refractivity (Wildman–Crippen MR) is 86.9 cm³/mol. The minimum atomic E-state index is -0.413. The Kier molecular flexibility index (Phi) is 4.51. The molecule has 0 aliphatic carbocycles. The van der Waals surface area contributed by atoms with Crippen LogP contribution in [0.5, 0.6) is 0 Å². The first-order chi connectivity index (χ1) is 11.1. The molecule has 0 bridgehead atoms. The van der Waals surface area contributed by atoms with Gasteiger partial charge >= 0.3 is 6.03 Å². The number of rotatable bonds is 1. The van der Waals surface area contributed by atoms with Gasteiger partial charge in [0.2, 0.25) is 0 Å². The van der Waals surface area contributed by atoms with Crippen molar-refractivity contribution in [3.8, 4) is 0 Å². The average Bonchev–Trinajstić information content (AvgIpc) is 2.55. The topological polar surface area (TPSA) is 68.9 Å². The van der Waals surface area contributed by atoms with Crippen LogP contribution in [0, 0.1) is 5.82 Å². The highest BCUT2D eigenvalue weighted by Gasteiger charge is 2.28. The van der Waals surface area contributed by atoms with Crippen molar-refractivity contribution in [1.82, 2.24) is 19.7 Å². The largest absolute Gasteiger partial charge is 0.396 e. The van der Waals surface area contributed by atoms with Gasteiger partial charge in [0, 0.05) is 52.4 Å². The monoisotopic (exact) mass is 322 g/mol. The lowest BCUT2D eigenvalue weighted by atomic mass is 10.2. The Bertz CT molecular complexity index is 547. The van der Waals surface area contributed by atoms with Gasteiger partial charge in [-0.1, -0.05) is 0 Å². The van der Waals surface area contributed by atoms with Crippen molar-refractivity contribution in [3.63, 3.8) is 0 Å². The fourth-order valence-electron chi connectivity index (χ4n) is 3.10. The molecule has 1 aromatic heterocycles. The molecule has 126 valence electrons. The van der Waals surface area contributed by atoms with Crippen molar-refractivity contribution in [3.05, 3.63) is 18.2 Å². The zero-order valence-electron chi connectivity index (χ0n) is 13.4. The van der Waals surface area contributed by atoms with Crippen molar-refractivity contribution >= 4 is 17.4 Å². The number of carbonyl (C=O) groups excluding carboxylic acids is 1. The van der Waals surface area contributed by atoms with E-state index in [4.69, 9.17) is 5.73 Å². The smallest absolute Gasteiger partial charge is 0.320 e. The number of nitrogen functional groups attached to an aromatic ring is 1. The van der Waals surface area contributed by atoms with Gasteiger partial charge in [-0.2, -0.15) is 0 Å². The summed E-state index contributed by atoms with van der Waals surface area (Å²) in [6.45, 7) is 5.64. The number of anilines is 2. The highest BCUT2D eigenvalue weighted by Crippen LogP contribution is 2.26. The molecule has 0 atom stereocenters. The van der Waals surface area contributed by atoms with Gasteiger partial charge in [0.1, 0.15) is 0 Å². The number of nitrogens with two attached hydrogens (primary N) is 1. The first-order valence-electron chi connectivity index (χ1n) is 7.92. The van der Waals surface area contributed by atoms with Crippen LogP contribution in [0.4, 0.5) is 20.6 Å². The van der Waals surface area contributed by atoms with Gasteiger partial charge in [0.05, 0.1) is 23.8 Å². The molecule has 1 aromatic rings. The molecule has 23 heavy (non-hydrogen) atoms. The van der Waals surface area contributed by atoms with Crippen molar-refractivity contribution < 1.29 is 9.18 Å². The third-order valence-electron chi connectivity index (χ3n) is 4.54. The summed E-state index contributed by atoms with van der Waals surface area (Å²) in [6.07, 6.45) is 2.63. The Labute approximate surface area is 135 Å². The minimum absolute atomic E-state index is 0.0842. The zero-order chi connectivity index (χ0) is 16.4. The lowest BCUT2D eigenvalue weighted by Crippen LogP contribution is -2.56. The summed E-state index contributed by atoms with van der Waals surface area (Å²) in [5, 5.41) is 0. The van der Waals surface area contributed by atoms with Gasteiger partial charge < -0.3 is 25.3 Å². The van der Waals surface area contributed by atoms with E-state index in [2.05, 4.69) is 16.9 Å². The SMILES string of the molecule is CN1CCN(C(=O)N2CCN(c3c(N)cncc3F)CC2)CC1. The Morgan fingerprint density at radius 2 is 1.61 bits per heavy atom. The number of piperazine rings is 2. The second-order valence-electron chi connectivity index (χ2n) is 6.11. The van der Waals surface area contributed by atoms with E-state index in [1.165, 1.54) is 12.4 Å². The van der Waals surface area contributed by atoms with Crippen molar-refractivity contribution in [1.29, 1.82) is 0 Å². The maximum Gasteiger partial charge on any atom is 0.320 e. The van der Waals surface area contributed by atoms with Gasteiger partial charge in [-0.15, -0.1) is 0 Å². The summed E-state index contributed by atoms with van der Waals surface area (Å²) in [5.41, 5.74) is 6.57. The molecule has 2 aliphatic heterocycles.